The third kappa shape index (κ3) is 5.38. The van der Waals surface area contributed by atoms with Crippen molar-refractivity contribution in [3.05, 3.63) is 50.8 Å². The first-order valence-electron chi connectivity index (χ1n) is 8.34. The molecular weight excluding hydrogens is 359 g/mol. The first-order valence-corrected chi connectivity index (χ1v) is 9.09. The third-order valence-corrected chi connectivity index (χ3v) is 4.50. The molecule has 1 unspecified atom stereocenters. The van der Waals surface area contributed by atoms with E-state index in [9.17, 15) is 0 Å². The summed E-state index contributed by atoms with van der Waals surface area (Å²) in [6.45, 7) is 9.36. The highest BCUT2D eigenvalue weighted by Gasteiger charge is 2.12. The number of rotatable bonds is 6. The molecule has 5 nitrogen and oxygen atoms in total. The molecule has 2 rings (SSSR count). The van der Waals surface area contributed by atoms with Gasteiger partial charge in [0.15, 0.2) is 5.96 Å². The number of benzene rings is 1. The Balaban J connectivity index is 2.04. The monoisotopic (exact) mass is 382 g/mol. The molecule has 25 heavy (non-hydrogen) atoms. The summed E-state index contributed by atoms with van der Waals surface area (Å²) >= 11 is 12.3. The number of aromatic nitrogens is 1. The molecule has 136 valence electrons. The lowest BCUT2D eigenvalue weighted by Crippen LogP contribution is -2.39. The van der Waals surface area contributed by atoms with E-state index in [1.165, 1.54) is 0 Å². The normalized spacial score (nSPS) is 13.0. The first kappa shape index (κ1) is 19.6. The topological polar surface area (TPSA) is 62.5 Å². The molecule has 1 atom stereocenters. The van der Waals surface area contributed by atoms with Crippen LogP contribution in [0.25, 0.3) is 0 Å². The second-order valence-corrected chi connectivity index (χ2v) is 6.69. The Labute approximate surface area is 158 Å². The fourth-order valence-electron chi connectivity index (χ4n) is 2.59. The van der Waals surface area contributed by atoms with Crippen molar-refractivity contribution < 1.29 is 4.52 Å². The van der Waals surface area contributed by atoms with Crippen molar-refractivity contribution >= 4 is 29.2 Å². The van der Waals surface area contributed by atoms with Gasteiger partial charge in [0, 0.05) is 28.7 Å². The van der Waals surface area contributed by atoms with Crippen LogP contribution in [0.1, 0.15) is 42.5 Å². The number of nitrogens with one attached hydrogen (secondary N) is 2. The summed E-state index contributed by atoms with van der Waals surface area (Å²) < 4.78 is 5.19. The molecule has 0 aliphatic rings. The van der Waals surface area contributed by atoms with Crippen LogP contribution in [-0.4, -0.2) is 24.2 Å². The van der Waals surface area contributed by atoms with Gasteiger partial charge >= 0.3 is 0 Å². The fourth-order valence-corrected chi connectivity index (χ4v) is 3.17. The Hall–Kier alpha value is -1.72. The summed E-state index contributed by atoms with van der Waals surface area (Å²) in [6.07, 6.45) is 0.786. The zero-order chi connectivity index (χ0) is 18.4. The van der Waals surface area contributed by atoms with Crippen LogP contribution in [0.2, 0.25) is 10.0 Å². The lowest BCUT2D eigenvalue weighted by atomic mass is 10.1. The Morgan fingerprint density at radius 3 is 2.68 bits per heavy atom. The van der Waals surface area contributed by atoms with E-state index in [-0.39, 0.29) is 6.04 Å². The number of guanidine groups is 1. The highest BCUT2D eigenvalue weighted by atomic mass is 35.5. The Morgan fingerprint density at radius 1 is 1.32 bits per heavy atom. The Kier molecular flexibility index (Phi) is 7.14. The van der Waals surface area contributed by atoms with Crippen LogP contribution in [0.4, 0.5) is 0 Å². The average Bonchev–Trinajstić information content (AvgIpc) is 2.86. The summed E-state index contributed by atoms with van der Waals surface area (Å²) in [5.41, 5.74) is 3.02. The predicted molar refractivity (Wildman–Crippen MR) is 104 cm³/mol. The van der Waals surface area contributed by atoms with Crippen LogP contribution >= 0.6 is 23.2 Å². The maximum Gasteiger partial charge on any atom is 0.191 e. The minimum absolute atomic E-state index is 0.00151. The Morgan fingerprint density at radius 2 is 2.08 bits per heavy atom. The van der Waals surface area contributed by atoms with E-state index in [1.807, 2.05) is 39.8 Å². The molecule has 2 aromatic rings. The van der Waals surface area contributed by atoms with Gasteiger partial charge in [-0.1, -0.05) is 34.4 Å². The van der Waals surface area contributed by atoms with Gasteiger partial charge in [-0.2, -0.15) is 0 Å². The lowest BCUT2D eigenvalue weighted by Gasteiger charge is -2.19. The predicted octanol–water partition coefficient (Wildman–Crippen LogP) is 4.46. The number of halogens is 2. The Bertz CT molecular complexity index is 723. The van der Waals surface area contributed by atoms with Crippen LogP contribution in [0.5, 0.6) is 0 Å². The number of hydrogen-bond donors (Lipinski definition) is 2. The molecule has 0 radical (unpaired) electrons. The van der Waals surface area contributed by atoms with Gasteiger partial charge in [0.1, 0.15) is 5.76 Å². The largest absolute Gasteiger partial charge is 0.361 e. The van der Waals surface area contributed by atoms with Crippen molar-refractivity contribution in [2.75, 3.05) is 13.1 Å². The molecule has 0 fully saturated rings. The van der Waals surface area contributed by atoms with Crippen LogP contribution in [-0.2, 0) is 6.42 Å². The van der Waals surface area contributed by atoms with Crippen LogP contribution in [0, 0.1) is 13.8 Å². The van der Waals surface area contributed by atoms with Crippen molar-refractivity contribution in [3.63, 3.8) is 0 Å². The van der Waals surface area contributed by atoms with Gasteiger partial charge in [0.25, 0.3) is 0 Å². The maximum atomic E-state index is 6.29. The highest BCUT2D eigenvalue weighted by molar-refractivity contribution is 6.35. The van der Waals surface area contributed by atoms with Crippen molar-refractivity contribution in [1.29, 1.82) is 0 Å². The SMILES string of the molecule is CCNC(=NCCc1c(C)noc1C)NC(C)c1ccc(Cl)cc1Cl. The summed E-state index contributed by atoms with van der Waals surface area (Å²) in [6, 6.07) is 5.51. The van der Waals surface area contributed by atoms with Crippen molar-refractivity contribution in [1.82, 2.24) is 15.8 Å². The smallest absolute Gasteiger partial charge is 0.191 e. The minimum Gasteiger partial charge on any atom is -0.361 e. The summed E-state index contributed by atoms with van der Waals surface area (Å²) in [5, 5.41) is 11.9. The number of aliphatic imine (C=N–C) groups is 1. The molecule has 1 aromatic heterocycles. The zero-order valence-corrected chi connectivity index (χ0v) is 16.5. The van der Waals surface area contributed by atoms with Gasteiger partial charge in [-0.25, -0.2) is 0 Å². The van der Waals surface area contributed by atoms with E-state index in [0.717, 1.165) is 41.5 Å². The van der Waals surface area contributed by atoms with Gasteiger partial charge in [-0.05, 0) is 51.8 Å². The molecule has 0 amide bonds. The summed E-state index contributed by atoms with van der Waals surface area (Å²) in [7, 11) is 0. The molecule has 0 aliphatic heterocycles. The lowest BCUT2D eigenvalue weighted by molar-refractivity contribution is 0.392. The number of aryl methyl sites for hydroxylation is 2. The van der Waals surface area contributed by atoms with Crippen molar-refractivity contribution in [2.24, 2.45) is 4.99 Å². The molecule has 0 saturated carbocycles. The van der Waals surface area contributed by atoms with Crippen molar-refractivity contribution in [3.8, 4) is 0 Å². The number of hydrogen-bond acceptors (Lipinski definition) is 3. The molecule has 0 spiro atoms. The average molecular weight is 383 g/mol. The van der Waals surface area contributed by atoms with E-state index >= 15 is 0 Å². The molecular formula is C18H24Cl2N4O. The van der Waals surface area contributed by atoms with E-state index in [0.29, 0.717) is 16.6 Å². The standard InChI is InChI=1S/C18H24Cl2N4O/c1-5-21-18(22-9-8-15-12(3)24-25-13(15)4)23-11(2)16-7-6-14(19)10-17(16)20/h6-7,10-11H,5,8-9H2,1-4H3,(H2,21,22,23). The van der Waals surface area contributed by atoms with Gasteiger partial charge in [0.2, 0.25) is 0 Å². The van der Waals surface area contributed by atoms with Gasteiger partial charge < -0.3 is 15.2 Å². The van der Waals surface area contributed by atoms with Gasteiger partial charge in [-0.3, -0.25) is 4.99 Å². The van der Waals surface area contributed by atoms with E-state index < -0.39 is 0 Å². The zero-order valence-electron chi connectivity index (χ0n) is 15.0. The minimum atomic E-state index is 0.00151. The second kappa shape index (κ2) is 9.11. The molecule has 7 heteroatoms. The van der Waals surface area contributed by atoms with Gasteiger partial charge in [0.05, 0.1) is 11.7 Å². The highest BCUT2D eigenvalue weighted by Crippen LogP contribution is 2.26. The first-order chi connectivity index (χ1) is 11.9. The molecule has 0 aliphatic carbocycles. The van der Waals surface area contributed by atoms with E-state index in [4.69, 9.17) is 27.7 Å². The van der Waals surface area contributed by atoms with E-state index in [1.54, 1.807) is 6.07 Å². The van der Waals surface area contributed by atoms with Crippen molar-refractivity contribution in [2.45, 2.75) is 40.2 Å². The quantitative estimate of drug-likeness (QED) is 0.571. The molecule has 0 bridgehead atoms. The molecule has 2 N–H and O–H groups in total. The van der Waals surface area contributed by atoms with Gasteiger partial charge in [-0.15, -0.1) is 0 Å². The third-order valence-electron chi connectivity index (χ3n) is 3.94. The van der Waals surface area contributed by atoms with Crippen LogP contribution in [0.3, 0.4) is 0 Å². The number of nitrogens with zero attached hydrogens (tertiary/aromatic N) is 2. The fraction of sp³-hybridized carbons (Fsp3) is 0.444. The second-order valence-electron chi connectivity index (χ2n) is 5.85. The van der Waals surface area contributed by atoms with Crippen LogP contribution < -0.4 is 10.6 Å². The molecule has 0 saturated heterocycles. The van der Waals surface area contributed by atoms with E-state index in [2.05, 4.69) is 20.8 Å². The van der Waals surface area contributed by atoms with Crippen LogP contribution in [0.15, 0.2) is 27.7 Å². The molecule has 1 aromatic carbocycles. The molecule has 1 heterocycles. The maximum absolute atomic E-state index is 6.29. The summed E-state index contributed by atoms with van der Waals surface area (Å²) in [4.78, 5) is 4.64. The summed E-state index contributed by atoms with van der Waals surface area (Å²) in [5.74, 6) is 1.60.